The Labute approximate surface area is 95.0 Å². The molecule has 1 unspecified atom stereocenters. The topological polar surface area (TPSA) is 26.0 Å². The summed E-state index contributed by atoms with van der Waals surface area (Å²) in [4.78, 5) is 0. The molecule has 0 heterocycles. The lowest BCUT2D eigenvalue weighted by Crippen LogP contribution is -2.15. The van der Waals surface area contributed by atoms with Gasteiger partial charge in [-0.2, -0.15) is 11.8 Å². The number of thioether (sulfide) groups is 1. The fourth-order valence-electron chi connectivity index (χ4n) is 1.09. The van der Waals surface area contributed by atoms with Crippen LogP contribution in [0.3, 0.4) is 0 Å². The number of rotatable bonds is 5. The maximum atomic E-state index is 5.88. The molecule has 2 N–H and O–H groups in total. The van der Waals surface area contributed by atoms with E-state index in [-0.39, 0.29) is 0 Å². The van der Waals surface area contributed by atoms with E-state index in [9.17, 15) is 0 Å². The summed E-state index contributed by atoms with van der Waals surface area (Å²) in [6.45, 7) is 2.04. The number of hydrogen-bond donors (Lipinski definition) is 1. The van der Waals surface area contributed by atoms with E-state index in [1.54, 1.807) is 0 Å². The summed E-state index contributed by atoms with van der Waals surface area (Å²) >= 11 is 7.78. The van der Waals surface area contributed by atoms with Crippen LogP contribution < -0.4 is 5.73 Å². The van der Waals surface area contributed by atoms with Crippen molar-refractivity contribution in [3.63, 3.8) is 0 Å². The van der Waals surface area contributed by atoms with Gasteiger partial charge < -0.3 is 5.73 Å². The second-order valence-electron chi connectivity index (χ2n) is 3.45. The molecule has 0 amide bonds. The van der Waals surface area contributed by atoms with Gasteiger partial charge in [0.15, 0.2) is 0 Å². The van der Waals surface area contributed by atoms with E-state index in [0.29, 0.717) is 6.04 Å². The molecule has 0 bridgehead atoms. The van der Waals surface area contributed by atoms with E-state index in [0.717, 1.165) is 22.9 Å². The SMILES string of the molecule is CC(N)CCSCc1cccc(Cl)c1. The first-order valence-electron chi connectivity index (χ1n) is 4.76. The normalized spacial score (nSPS) is 12.8. The smallest absolute Gasteiger partial charge is 0.0409 e. The Hall–Kier alpha value is -0.180. The van der Waals surface area contributed by atoms with Crippen molar-refractivity contribution in [1.29, 1.82) is 0 Å². The van der Waals surface area contributed by atoms with E-state index < -0.39 is 0 Å². The predicted octanol–water partition coefficient (Wildman–Crippen LogP) is 3.31. The highest BCUT2D eigenvalue weighted by Gasteiger charge is 1.97. The Bertz CT molecular complexity index is 276. The minimum absolute atomic E-state index is 0.307. The molecule has 0 saturated heterocycles. The second kappa shape index (κ2) is 6.33. The Kier molecular flexibility index (Phi) is 5.38. The molecular formula is C11H16ClNS. The zero-order chi connectivity index (χ0) is 10.4. The van der Waals surface area contributed by atoms with Gasteiger partial charge in [0.1, 0.15) is 0 Å². The zero-order valence-electron chi connectivity index (χ0n) is 8.37. The summed E-state index contributed by atoms with van der Waals surface area (Å²) in [7, 11) is 0. The van der Waals surface area contributed by atoms with Gasteiger partial charge in [0.05, 0.1) is 0 Å². The monoisotopic (exact) mass is 229 g/mol. The molecule has 78 valence electrons. The fraction of sp³-hybridized carbons (Fsp3) is 0.455. The Balaban J connectivity index is 2.25. The summed E-state index contributed by atoms with van der Waals surface area (Å²) in [5.41, 5.74) is 6.95. The lowest BCUT2D eigenvalue weighted by Gasteiger charge is -2.04. The average Bonchev–Trinajstić information content (AvgIpc) is 2.12. The standard InChI is InChI=1S/C11H16ClNS/c1-9(13)5-6-14-8-10-3-2-4-11(12)7-10/h2-4,7,9H,5-6,8,13H2,1H3. The van der Waals surface area contributed by atoms with Crippen molar-refractivity contribution >= 4 is 23.4 Å². The highest BCUT2D eigenvalue weighted by Crippen LogP contribution is 2.17. The Morgan fingerprint density at radius 2 is 2.29 bits per heavy atom. The van der Waals surface area contributed by atoms with Gasteiger partial charge in [0.25, 0.3) is 0 Å². The van der Waals surface area contributed by atoms with E-state index in [1.165, 1.54) is 5.56 Å². The van der Waals surface area contributed by atoms with Crippen LogP contribution in [-0.4, -0.2) is 11.8 Å². The highest BCUT2D eigenvalue weighted by molar-refractivity contribution is 7.98. The lowest BCUT2D eigenvalue weighted by atomic mass is 10.2. The van der Waals surface area contributed by atoms with Crippen LogP contribution in [0.2, 0.25) is 5.02 Å². The second-order valence-corrected chi connectivity index (χ2v) is 4.99. The molecule has 0 aromatic heterocycles. The molecule has 1 nitrogen and oxygen atoms in total. The first-order chi connectivity index (χ1) is 6.68. The van der Waals surface area contributed by atoms with E-state index >= 15 is 0 Å². The third-order valence-corrected chi connectivity index (χ3v) is 3.17. The minimum Gasteiger partial charge on any atom is -0.328 e. The molecule has 0 aliphatic heterocycles. The van der Waals surface area contributed by atoms with Gasteiger partial charge in [-0.1, -0.05) is 23.7 Å². The number of benzene rings is 1. The van der Waals surface area contributed by atoms with Crippen LogP contribution in [0.25, 0.3) is 0 Å². The Morgan fingerprint density at radius 1 is 1.50 bits per heavy atom. The van der Waals surface area contributed by atoms with Gasteiger partial charge in [0.2, 0.25) is 0 Å². The minimum atomic E-state index is 0.307. The summed E-state index contributed by atoms with van der Waals surface area (Å²) in [5, 5.41) is 0.815. The van der Waals surface area contributed by atoms with Crippen molar-refractivity contribution < 1.29 is 0 Å². The summed E-state index contributed by atoms with van der Waals surface area (Å²) in [6, 6.07) is 8.31. The molecule has 14 heavy (non-hydrogen) atoms. The van der Waals surface area contributed by atoms with Crippen molar-refractivity contribution in [1.82, 2.24) is 0 Å². The molecular weight excluding hydrogens is 214 g/mol. The van der Waals surface area contributed by atoms with Gasteiger partial charge in [-0.3, -0.25) is 0 Å². The largest absolute Gasteiger partial charge is 0.328 e. The van der Waals surface area contributed by atoms with E-state index in [2.05, 4.69) is 6.07 Å². The zero-order valence-corrected chi connectivity index (χ0v) is 9.94. The third kappa shape index (κ3) is 4.89. The molecule has 0 fully saturated rings. The van der Waals surface area contributed by atoms with Crippen molar-refractivity contribution in [3.8, 4) is 0 Å². The molecule has 1 rings (SSSR count). The van der Waals surface area contributed by atoms with E-state index in [4.69, 9.17) is 17.3 Å². The number of halogens is 1. The number of hydrogen-bond acceptors (Lipinski definition) is 2. The number of nitrogens with two attached hydrogens (primary N) is 1. The van der Waals surface area contributed by atoms with Crippen LogP contribution in [0.5, 0.6) is 0 Å². The van der Waals surface area contributed by atoms with Crippen LogP contribution in [0.1, 0.15) is 18.9 Å². The predicted molar refractivity (Wildman–Crippen MR) is 65.9 cm³/mol. The quantitative estimate of drug-likeness (QED) is 0.784. The first-order valence-corrected chi connectivity index (χ1v) is 6.29. The van der Waals surface area contributed by atoms with E-state index in [1.807, 2.05) is 36.9 Å². The van der Waals surface area contributed by atoms with Crippen molar-refractivity contribution in [2.75, 3.05) is 5.75 Å². The van der Waals surface area contributed by atoms with Gasteiger partial charge in [-0.25, -0.2) is 0 Å². The molecule has 0 aliphatic rings. The Morgan fingerprint density at radius 3 is 2.93 bits per heavy atom. The van der Waals surface area contributed by atoms with Crippen LogP contribution in [0.4, 0.5) is 0 Å². The lowest BCUT2D eigenvalue weighted by molar-refractivity contribution is 0.721. The van der Waals surface area contributed by atoms with Gasteiger partial charge in [0, 0.05) is 16.8 Å². The van der Waals surface area contributed by atoms with Crippen LogP contribution in [0.15, 0.2) is 24.3 Å². The molecule has 0 saturated carbocycles. The summed E-state index contributed by atoms with van der Waals surface area (Å²) in [5.74, 6) is 2.14. The molecule has 1 aromatic rings. The average molecular weight is 230 g/mol. The van der Waals surface area contributed by atoms with Gasteiger partial charge in [-0.15, -0.1) is 0 Å². The van der Waals surface area contributed by atoms with Crippen molar-refractivity contribution in [2.45, 2.75) is 25.1 Å². The van der Waals surface area contributed by atoms with Crippen LogP contribution >= 0.6 is 23.4 Å². The van der Waals surface area contributed by atoms with Crippen LogP contribution in [0, 0.1) is 0 Å². The first kappa shape index (κ1) is 11.9. The summed E-state index contributed by atoms with van der Waals surface area (Å²) in [6.07, 6.45) is 1.07. The molecule has 3 heteroatoms. The molecule has 0 spiro atoms. The molecule has 0 aliphatic carbocycles. The molecule has 0 radical (unpaired) electrons. The third-order valence-electron chi connectivity index (χ3n) is 1.88. The van der Waals surface area contributed by atoms with Crippen LogP contribution in [-0.2, 0) is 5.75 Å². The fourth-order valence-corrected chi connectivity index (χ4v) is 2.40. The molecule has 1 aromatic carbocycles. The summed E-state index contributed by atoms with van der Waals surface area (Å²) < 4.78 is 0. The van der Waals surface area contributed by atoms with Gasteiger partial charge >= 0.3 is 0 Å². The highest BCUT2D eigenvalue weighted by atomic mass is 35.5. The van der Waals surface area contributed by atoms with Crippen molar-refractivity contribution in [3.05, 3.63) is 34.9 Å². The maximum Gasteiger partial charge on any atom is 0.0409 e. The maximum absolute atomic E-state index is 5.88. The van der Waals surface area contributed by atoms with Gasteiger partial charge in [-0.05, 0) is 36.8 Å². The molecule has 1 atom stereocenters. The van der Waals surface area contributed by atoms with Crippen molar-refractivity contribution in [2.24, 2.45) is 5.73 Å².